The van der Waals surface area contributed by atoms with E-state index in [1.54, 1.807) is 4.68 Å². The molecule has 0 aliphatic carbocycles. The van der Waals surface area contributed by atoms with Gasteiger partial charge in [-0.05, 0) is 20.9 Å². The quantitative estimate of drug-likeness (QED) is 0.886. The minimum absolute atomic E-state index is 0.588. The van der Waals surface area contributed by atoms with Crippen LogP contribution in [0.3, 0.4) is 0 Å². The molecule has 1 N–H and O–H groups in total. The molecule has 2 rings (SSSR count). The molecule has 6 nitrogen and oxygen atoms in total. The van der Waals surface area contributed by atoms with E-state index in [-0.39, 0.29) is 0 Å². The van der Waals surface area contributed by atoms with Crippen LogP contribution in [0.2, 0.25) is 5.02 Å². The van der Waals surface area contributed by atoms with Gasteiger partial charge in [0.25, 0.3) is 0 Å². The van der Waals surface area contributed by atoms with Crippen LogP contribution in [0.25, 0.3) is 0 Å². The fourth-order valence-corrected chi connectivity index (χ4v) is 2.05. The van der Waals surface area contributed by atoms with Gasteiger partial charge in [-0.2, -0.15) is 5.10 Å². The van der Waals surface area contributed by atoms with Crippen molar-refractivity contribution in [1.29, 1.82) is 0 Å². The molecule has 18 heavy (non-hydrogen) atoms. The monoisotopic (exact) mass is 268 g/mol. The molecular weight excluding hydrogens is 252 g/mol. The van der Waals surface area contributed by atoms with E-state index in [0.29, 0.717) is 18.1 Å². The Balaban J connectivity index is 2.22. The molecule has 0 aliphatic heterocycles. The number of nitrogens with one attached hydrogen (secondary N) is 1. The molecule has 0 aliphatic rings. The molecule has 0 saturated heterocycles. The van der Waals surface area contributed by atoms with Crippen molar-refractivity contribution in [2.75, 3.05) is 7.05 Å². The molecule has 0 bridgehead atoms. The van der Waals surface area contributed by atoms with E-state index < -0.39 is 0 Å². The summed E-state index contributed by atoms with van der Waals surface area (Å²) in [5.41, 5.74) is 2.73. The molecule has 0 aromatic carbocycles. The first-order valence-corrected chi connectivity index (χ1v) is 6.28. The predicted octanol–water partition coefficient (Wildman–Crippen LogP) is 1.22. The predicted molar refractivity (Wildman–Crippen MR) is 69.5 cm³/mol. The maximum Gasteiger partial charge on any atom is 0.0964 e. The van der Waals surface area contributed by atoms with Crippen molar-refractivity contribution >= 4 is 11.6 Å². The van der Waals surface area contributed by atoms with Crippen LogP contribution in [0, 0.1) is 6.92 Å². The SMILES string of the molecule is CCn1nc(C)c(Cl)c1Cn1cc(CNC)nn1. The molecule has 7 heteroatoms. The number of hydrogen-bond acceptors (Lipinski definition) is 4. The van der Waals surface area contributed by atoms with Gasteiger partial charge in [-0.1, -0.05) is 16.8 Å². The van der Waals surface area contributed by atoms with Crippen LogP contribution in [0.4, 0.5) is 0 Å². The van der Waals surface area contributed by atoms with E-state index in [9.17, 15) is 0 Å². The molecule has 0 atom stereocenters. The second-order valence-electron chi connectivity index (χ2n) is 4.10. The lowest BCUT2D eigenvalue weighted by Gasteiger charge is -2.04. The molecule has 98 valence electrons. The van der Waals surface area contributed by atoms with Crippen molar-refractivity contribution in [1.82, 2.24) is 30.1 Å². The van der Waals surface area contributed by atoms with Gasteiger partial charge in [0, 0.05) is 13.1 Å². The standard InChI is InChI=1S/C11H17ClN6/c1-4-18-10(11(12)8(2)15-18)7-17-6-9(5-13-3)14-16-17/h6,13H,4-5,7H2,1-3H3. The summed E-state index contributed by atoms with van der Waals surface area (Å²) in [7, 11) is 1.88. The minimum atomic E-state index is 0.588. The van der Waals surface area contributed by atoms with Crippen molar-refractivity contribution in [3.05, 3.63) is 28.3 Å². The Kier molecular flexibility index (Phi) is 3.98. The number of aromatic nitrogens is 5. The molecule has 2 heterocycles. The molecule has 0 radical (unpaired) electrons. The third-order valence-corrected chi connectivity index (χ3v) is 3.20. The van der Waals surface area contributed by atoms with Gasteiger partial charge in [0.15, 0.2) is 0 Å². The van der Waals surface area contributed by atoms with Crippen LogP contribution in [0.1, 0.15) is 24.0 Å². The lowest BCUT2D eigenvalue weighted by Crippen LogP contribution is -2.09. The van der Waals surface area contributed by atoms with Gasteiger partial charge in [-0.15, -0.1) is 5.10 Å². The first-order chi connectivity index (χ1) is 8.65. The van der Waals surface area contributed by atoms with Gasteiger partial charge < -0.3 is 5.32 Å². The maximum atomic E-state index is 6.25. The Hall–Kier alpha value is -1.40. The zero-order valence-electron chi connectivity index (χ0n) is 10.8. The van der Waals surface area contributed by atoms with E-state index in [1.807, 2.05) is 31.8 Å². The van der Waals surface area contributed by atoms with E-state index in [0.717, 1.165) is 23.6 Å². The molecule has 2 aromatic rings. The van der Waals surface area contributed by atoms with E-state index in [1.165, 1.54) is 0 Å². The molecular formula is C11H17ClN6. The summed E-state index contributed by atoms with van der Waals surface area (Å²) >= 11 is 6.25. The average Bonchev–Trinajstić information content (AvgIpc) is 2.90. The first kappa shape index (κ1) is 13.0. The molecule has 0 unspecified atom stereocenters. The number of nitrogens with zero attached hydrogens (tertiary/aromatic N) is 5. The number of hydrogen-bond donors (Lipinski definition) is 1. The van der Waals surface area contributed by atoms with Crippen LogP contribution in [0.5, 0.6) is 0 Å². The summed E-state index contributed by atoms with van der Waals surface area (Å²) in [6.45, 7) is 6.04. The maximum absolute atomic E-state index is 6.25. The summed E-state index contributed by atoms with van der Waals surface area (Å²) in [4.78, 5) is 0. The highest BCUT2D eigenvalue weighted by Crippen LogP contribution is 2.20. The van der Waals surface area contributed by atoms with Gasteiger partial charge in [0.2, 0.25) is 0 Å². The number of aryl methyl sites for hydroxylation is 2. The summed E-state index contributed by atoms with van der Waals surface area (Å²) < 4.78 is 3.68. The summed E-state index contributed by atoms with van der Waals surface area (Å²) in [6, 6.07) is 0. The highest BCUT2D eigenvalue weighted by atomic mass is 35.5. The Morgan fingerprint density at radius 3 is 2.89 bits per heavy atom. The topological polar surface area (TPSA) is 60.6 Å². The van der Waals surface area contributed by atoms with Gasteiger partial charge in [-0.25, -0.2) is 4.68 Å². The van der Waals surface area contributed by atoms with E-state index in [4.69, 9.17) is 11.6 Å². The van der Waals surface area contributed by atoms with Crippen molar-refractivity contribution in [3.63, 3.8) is 0 Å². The smallest absolute Gasteiger partial charge is 0.0964 e. The van der Waals surface area contributed by atoms with Crippen molar-refractivity contribution < 1.29 is 0 Å². The van der Waals surface area contributed by atoms with Crippen LogP contribution in [0.15, 0.2) is 6.20 Å². The highest BCUT2D eigenvalue weighted by molar-refractivity contribution is 6.31. The fraction of sp³-hybridized carbons (Fsp3) is 0.545. The third kappa shape index (κ3) is 2.54. The Bertz CT molecular complexity index is 530. The summed E-state index contributed by atoms with van der Waals surface area (Å²) in [5, 5.41) is 16.3. The summed E-state index contributed by atoms with van der Waals surface area (Å²) in [5.74, 6) is 0. The normalized spacial score (nSPS) is 11.1. The second kappa shape index (κ2) is 5.49. The third-order valence-electron chi connectivity index (χ3n) is 2.71. The van der Waals surface area contributed by atoms with Crippen molar-refractivity contribution in [2.24, 2.45) is 0 Å². The number of rotatable bonds is 5. The molecule has 2 aromatic heterocycles. The van der Waals surface area contributed by atoms with Gasteiger partial charge in [0.1, 0.15) is 0 Å². The highest BCUT2D eigenvalue weighted by Gasteiger charge is 2.13. The lowest BCUT2D eigenvalue weighted by molar-refractivity contribution is 0.565. The van der Waals surface area contributed by atoms with Crippen molar-refractivity contribution in [3.8, 4) is 0 Å². The van der Waals surface area contributed by atoms with E-state index >= 15 is 0 Å². The van der Waals surface area contributed by atoms with Crippen LogP contribution in [-0.2, 0) is 19.6 Å². The Labute approximate surface area is 111 Å². The van der Waals surface area contributed by atoms with Gasteiger partial charge in [0.05, 0.1) is 34.8 Å². The zero-order chi connectivity index (χ0) is 13.1. The first-order valence-electron chi connectivity index (χ1n) is 5.91. The fourth-order valence-electron chi connectivity index (χ4n) is 1.85. The zero-order valence-corrected chi connectivity index (χ0v) is 11.6. The van der Waals surface area contributed by atoms with Gasteiger partial charge >= 0.3 is 0 Å². The van der Waals surface area contributed by atoms with Crippen LogP contribution < -0.4 is 5.32 Å². The molecule has 0 spiro atoms. The molecule has 0 saturated carbocycles. The Morgan fingerprint density at radius 2 is 2.22 bits per heavy atom. The molecule has 0 fully saturated rings. The largest absolute Gasteiger partial charge is 0.314 e. The Morgan fingerprint density at radius 1 is 1.44 bits per heavy atom. The minimum Gasteiger partial charge on any atom is -0.314 e. The number of halogens is 1. The molecule has 0 amide bonds. The average molecular weight is 269 g/mol. The van der Waals surface area contributed by atoms with E-state index in [2.05, 4.69) is 20.7 Å². The van der Waals surface area contributed by atoms with Crippen molar-refractivity contribution in [2.45, 2.75) is 33.5 Å². The van der Waals surface area contributed by atoms with Crippen LogP contribution in [-0.4, -0.2) is 31.8 Å². The van der Waals surface area contributed by atoms with Crippen LogP contribution >= 0.6 is 11.6 Å². The lowest BCUT2D eigenvalue weighted by atomic mass is 10.3. The van der Waals surface area contributed by atoms with Gasteiger partial charge in [-0.3, -0.25) is 4.68 Å². The summed E-state index contributed by atoms with van der Waals surface area (Å²) in [6.07, 6.45) is 1.91. The second-order valence-corrected chi connectivity index (χ2v) is 4.48.